The zero-order valence-electron chi connectivity index (χ0n) is 27.7. The third-order valence-electron chi connectivity index (χ3n) is 8.27. The number of fused-ring (bicyclic) bond motifs is 1. The van der Waals surface area contributed by atoms with Crippen LogP contribution in [0.2, 0.25) is 0 Å². The first-order valence-corrected chi connectivity index (χ1v) is 16.0. The molecule has 45 heavy (non-hydrogen) atoms. The number of aromatic nitrogens is 2. The fourth-order valence-electron chi connectivity index (χ4n) is 5.54. The number of hydrogen-bond donors (Lipinski definition) is 2. The Bertz CT molecular complexity index is 1740. The Hall–Kier alpha value is -4.48. The molecule has 0 bridgehead atoms. The minimum atomic E-state index is -0.934. The van der Waals surface area contributed by atoms with Gasteiger partial charge in [-0.2, -0.15) is 0 Å². The largest absolute Gasteiger partial charge is 0.347 e. The number of nitrogens with zero attached hydrogens (tertiary/aromatic N) is 2. The van der Waals surface area contributed by atoms with Crippen LogP contribution in [0.1, 0.15) is 74.1 Å². The molecule has 4 aromatic carbocycles. The highest BCUT2D eigenvalue weighted by Gasteiger charge is 2.23. The smallest absolute Gasteiger partial charge is 0.239 e. The van der Waals surface area contributed by atoms with Gasteiger partial charge in [-0.3, -0.25) is 4.79 Å². The third kappa shape index (κ3) is 8.80. The molecule has 5 nitrogen and oxygen atoms in total. The maximum absolute atomic E-state index is 12.5. The molecule has 0 unspecified atom stereocenters. The standard InChI is InChI=1S/C29H34N4O.C11H14/c1-4-25-26(18-17-21-11-6-5-7-12-21)33(27(32-25)19-31-28(34)29(2,3)30)20-23-15-10-14-22-13-8-9-16-24(22)23;1-4-9(2)11-8-6-5-7-10(11)3/h5-16H,4,17-20,30H2,1-3H3,(H,31,34);4-8H,1-3H3/b;9-4-. The molecule has 0 aliphatic heterocycles. The predicted octanol–water partition coefficient (Wildman–Crippen LogP) is 8.20. The molecular formula is C40H48N4O. The lowest BCUT2D eigenvalue weighted by Crippen LogP contribution is -2.49. The van der Waals surface area contributed by atoms with E-state index in [1.54, 1.807) is 13.8 Å². The first-order chi connectivity index (χ1) is 21.6. The van der Waals surface area contributed by atoms with Crippen LogP contribution in [0.15, 0.2) is 103 Å². The quantitative estimate of drug-likeness (QED) is 0.170. The van der Waals surface area contributed by atoms with E-state index in [-0.39, 0.29) is 5.91 Å². The maximum atomic E-state index is 12.5. The van der Waals surface area contributed by atoms with Gasteiger partial charge in [-0.25, -0.2) is 4.98 Å². The average molecular weight is 601 g/mol. The van der Waals surface area contributed by atoms with E-state index in [1.165, 1.54) is 44.3 Å². The van der Waals surface area contributed by atoms with Gasteiger partial charge in [-0.15, -0.1) is 0 Å². The number of rotatable bonds is 10. The monoisotopic (exact) mass is 600 g/mol. The van der Waals surface area contributed by atoms with E-state index < -0.39 is 5.54 Å². The average Bonchev–Trinajstić information content (AvgIpc) is 3.38. The molecule has 0 spiro atoms. The highest BCUT2D eigenvalue weighted by Crippen LogP contribution is 2.24. The van der Waals surface area contributed by atoms with E-state index in [0.29, 0.717) is 13.1 Å². The van der Waals surface area contributed by atoms with E-state index in [4.69, 9.17) is 10.7 Å². The van der Waals surface area contributed by atoms with Gasteiger partial charge in [0, 0.05) is 12.2 Å². The van der Waals surface area contributed by atoms with Gasteiger partial charge in [0.15, 0.2) is 0 Å². The summed E-state index contributed by atoms with van der Waals surface area (Å²) in [4.78, 5) is 17.5. The number of hydrogen-bond acceptors (Lipinski definition) is 3. The molecule has 0 atom stereocenters. The normalized spacial score (nSPS) is 11.7. The molecule has 234 valence electrons. The van der Waals surface area contributed by atoms with E-state index in [9.17, 15) is 4.79 Å². The SMILES string of the molecule is C/C=C(/C)c1ccccc1C.CCc1nc(CNC(=O)C(C)(C)N)n(Cc2cccc3ccccc23)c1CCc1ccccc1. The molecule has 0 fully saturated rings. The van der Waals surface area contributed by atoms with Crippen LogP contribution in [-0.2, 0) is 37.1 Å². The van der Waals surface area contributed by atoms with Gasteiger partial charge in [0.2, 0.25) is 5.91 Å². The van der Waals surface area contributed by atoms with Crippen LogP contribution in [0.3, 0.4) is 0 Å². The molecule has 1 heterocycles. The van der Waals surface area contributed by atoms with E-state index in [2.05, 4.69) is 135 Å². The van der Waals surface area contributed by atoms with Crippen molar-refractivity contribution in [2.45, 2.75) is 79.4 Å². The van der Waals surface area contributed by atoms with Crippen LogP contribution in [0, 0.1) is 6.92 Å². The van der Waals surface area contributed by atoms with Crippen molar-refractivity contribution in [3.63, 3.8) is 0 Å². The zero-order valence-corrected chi connectivity index (χ0v) is 27.7. The van der Waals surface area contributed by atoms with Gasteiger partial charge in [-0.05, 0) is 92.5 Å². The first-order valence-electron chi connectivity index (χ1n) is 16.0. The maximum Gasteiger partial charge on any atom is 0.239 e. The minimum absolute atomic E-state index is 0.184. The second-order valence-corrected chi connectivity index (χ2v) is 12.2. The van der Waals surface area contributed by atoms with Crippen LogP contribution in [0.25, 0.3) is 16.3 Å². The van der Waals surface area contributed by atoms with Crippen LogP contribution < -0.4 is 11.1 Å². The number of aryl methyl sites for hydroxylation is 3. The molecule has 3 N–H and O–H groups in total. The summed E-state index contributed by atoms with van der Waals surface area (Å²) in [5.74, 6) is 0.682. The number of imidazole rings is 1. The van der Waals surface area contributed by atoms with Crippen molar-refractivity contribution in [2.24, 2.45) is 5.73 Å². The van der Waals surface area contributed by atoms with Gasteiger partial charge in [-0.1, -0.05) is 110 Å². The molecule has 0 radical (unpaired) electrons. The van der Waals surface area contributed by atoms with E-state index in [1.807, 2.05) is 6.07 Å². The minimum Gasteiger partial charge on any atom is -0.347 e. The van der Waals surface area contributed by atoms with E-state index in [0.717, 1.165) is 30.8 Å². The number of benzene rings is 4. The highest BCUT2D eigenvalue weighted by atomic mass is 16.2. The van der Waals surface area contributed by atoms with Crippen molar-refractivity contribution in [1.29, 1.82) is 0 Å². The molecule has 0 saturated carbocycles. The molecule has 5 heteroatoms. The van der Waals surface area contributed by atoms with Gasteiger partial charge in [0.1, 0.15) is 5.82 Å². The number of nitrogens with one attached hydrogen (secondary N) is 1. The predicted molar refractivity (Wildman–Crippen MR) is 189 cm³/mol. The van der Waals surface area contributed by atoms with E-state index >= 15 is 0 Å². The van der Waals surface area contributed by atoms with Crippen molar-refractivity contribution >= 4 is 22.3 Å². The van der Waals surface area contributed by atoms with Crippen molar-refractivity contribution in [1.82, 2.24) is 14.9 Å². The fraction of sp³-hybridized carbons (Fsp3) is 0.300. The third-order valence-corrected chi connectivity index (χ3v) is 8.27. The number of nitrogens with two attached hydrogens (primary N) is 1. The Labute approximate surface area is 269 Å². The van der Waals surface area contributed by atoms with Crippen LogP contribution in [0.5, 0.6) is 0 Å². The summed E-state index contributed by atoms with van der Waals surface area (Å²) < 4.78 is 2.30. The molecule has 1 aromatic heterocycles. The van der Waals surface area contributed by atoms with Gasteiger partial charge in [0.25, 0.3) is 0 Å². The lowest BCUT2D eigenvalue weighted by atomic mass is 10.0. The van der Waals surface area contributed by atoms with Crippen LogP contribution in [0.4, 0.5) is 0 Å². The lowest BCUT2D eigenvalue weighted by molar-refractivity contribution is -0.125. The zero-order chi connectivity index (χ0) is 32.4. The summed E-state index contributed by atoms with van der Waals surface area (Å²) in [7, 11) is 0. The summed E-state index contributed by atoms with van der Waals surface area (Å²) in [5, 5.41) is 5.46. The number of carbonyl (C=O) groups excluding carboxylic acids is 1. The van der Waals surface area contributed by atoms with Gasteiger partial charge >= 0.3 is 0 Å². The van der Waals surface area contributed by atoms with Gasteiger partial charge < -0.3 is 15.6 Å². The van der Waals surface area contributed by atoms with Crippen molar-refractivity contribution in [3.8, 4) is 0 Å². The molecule has 5 rings (SSSR count). The lowest BCUT2D eigenvalue weighted by Gasteiger charge is -2.19. The Kier molecular flexibility index (Phi) is 11.5. The second kappa shape index (κ2) is 15.5. The summed E-state index contributed by atoms with van der Waals surface area (Å²) in [6.07, 6.45) is 4.82. The molecule has 0 aliphatic rings. The molecule has 0 aliphatic carbocycles. The highest BCUT2D eigenvalue weighted by molar-refractivity contribution is 5.86. The molecule has 0 saturated heterocycles. The number of amides is 1. The number of carbonyl (C=O) groups is 1. The number of allylic oxidation sites excluding steroid dienone is 2. The Morgan fingerprint density at radius 2 is 1.58 bits per heavy atom. The topological polar surface area (TPSA) is 72.9 Å². The summed E-state index contributed by atoms with van der Waals surface area (Å²) >= 11 is 0. The summed E-state index contributed by atoms with van der Waals surface area (Å²) in [6, 6.07) is 33.9. The Balaban J connectivity index is 0.000000354. The van der Waals surface area contributed by atoms with Crippen molar-refractivity contribution in [3.05, 3.63) is 143 Å². The summed E-state index contributed by atoms with van der Waals surface area (Å²) in [5.41, 5.74) is 14.0. The van der Waals surface area contributed by atoms with Crippen LogP contribution >= 0.6 is 0 Å². The Morgan fingerprint density at radius 1 is 0.911 bits per heavy atom. The molecule has 1 amide bonds. The molecular weight excluding hydrogens is 552 g/mol. The fourth-order valence-corrected chi connectivity index (χ4v) is 5.54. The van der Waals surface area contributed by atoms with Crippen LogP contribution in [-0.4, -0.2) is 21.0 Å². The Morgan fingerprint density at radius 3 is 2.27 bits per heavy atom. The van der Waals surface area contributed by atoms with Gasteiger partial charge in [0.05, 0.1) is 17.8 Å². The summed E-state index contributed by atoms with van der Waals surface area (Å²) in [6.45, 7) is 13.0. The first kappa shape index (κ1) is 33.4. The molecule has 5 aromatic rings. The van der Waals surface area contributed by atoms with Crippen molar-refractivity contribution < 1.29 is 4.79 Å². The van der Waals surface area contributed by atoms with Crippen molar-refractivity contribution in [2.75, 3.05) is 0 Å². The second-order valence-electron chi connectivity index (χ2n) is 12.2.